The van der Waals surface area contributed by atoms with Crippen molar-refractivity contribution in [3.63, 3.8) is 0 Å². The highest BCUT2D eigenvalue weighted by molar-refractivity contribution is 5.76. The minimum Gasteiger partial charge on any atom is -0.480 e. The van der Waals surface area contributed by atoms with Crippen LogP contribution in [0, 0.1) is 0 Å². The molecule has 0 heterocycles. The number of benzene rings is 2. The SMILES string of the molecule is O=C(O)[C@@H](NCc1ccccc1)c1ccccc1C(F)(F)F. The molecule has 0 saturated heterocycles. The van der Waals surface area contributed by atoms with Crippen LogP contribution in [0.25, 0.3) is 0 Å². The lowest BCUT2D eigenvalue weighted by molar-refractivity contribution is -0.142. The molecule has 116 valence electrons. The number of halogens is 3. The molecule has 2 N–H and O–H groups in total. The molecule has 0 unspecified atom stereocenters. The third-order valence-corrected chi connectivity index (χ3v) is 3.18. The molecule has 2 aromatic carbocycles. The maximum Gasteiger partial charge on any atom is 0.416 e. The fraction of sp³-hybridized carbons (Fsp3) is 0.188. The lowest BCUT2D eigenvalue weighted by Gasteiger charge is -2.19. The van der Waals surface area contributed by atoms with Gasteiger partial charge >= 0.3 is 12.1 Å². The molecule has 0 saturated carbocycles. The maximum atomic E-state index is 13.0. The zero-order valence-electron chi connectivity index (χ0n) is 11.5. The molecule has 0 spiro atoms. The summed E-state index contributed by atoms with van der Waals surface area (Å²) in [5.41, 5.74) is -0.445. The van der Waals surface area contributed by atoms with Gasteiger partial charge < -0.3 is 5.11 Å². The van der Waals surface area contributed by atoms with Crippen LogP contribution in [0.3, 0.4) is 0 Å². The van der Waals surface area contributed by atoms with Gasteiger partial charge in [-0.2, -0.15) is 13.2 Å². The average Bonchev–Trinajstić information content (AvgIpc) is 2.47. The lowest BCUT2D eigenvalue weighted by atomic mass is 9.99. The van der Waals surface area contributed by atoms with E-state index in [2.05, 4.69) is 5.32 Å². The van der Waals surface area contributed by atoms with Crippen LogP contribution in [0.5, 0.6) is 0 Å². The number of carboxylic acid groups (broad SMARTS) is 1. The van der Waals surface area contributed by atoms with Crippen LogP contribution in [0.1, 0.15) is 22.7 Å². The Morgan fingerprint density at radius 3 is 2.23 bits per heavy atom. The normalized spacial score (nSPS) is 12.9. The second kappa shape index (κ2) is 6.62. The third kappa shape index (κ3) is 3.85. The summed E-state index contributed by atoms with van der Waals surface area (Å²) >= 11 is 0. The number of rotatable bonds is 5. The van der Waals surface area contributed by atoms with Gasteiger partial charge in [0.2, 0.25) is 0 Å². The van der Waals surface area contributed by atoms with E-state index in [0.29, 0.717) is 0 Å². The van der Waals surface area contributed by atoms with Crippen molar-refractivity contribution in [3.8, 4) is 0 Å². The van der Waals surface area contributed by atoms with E-state index in [1.165, 1.54) is 18.2 Å². The summed E-state index contributed by atoms with van der Waals surface area (Å²) in [5.74, 6) is -1.35. The minimum atomic E-state index is -4.60. The molecule has 0 bridgehead atoms. The molecule has 0 aromatic heterocycles. The summed E-state index contributed by atoms with van der Waals surface area (Å²) in [6.45, 7) is 0.157. The van der Waals surface area contributed by atoms with Crippen molar-refractivity contribution in [3.05, 3.63) is 71.3 Å². The molecule has 0 aliphatic rings. The Bertz CT molecular complexity index is 641. The average molecular weight is 309 g/mol. The number of nitrogens with one attached hydrogen (secondary N) is 1. The van der Waals surface area contributed by atoms with Crippen molar-refractivity contribution >= 4 is 5.97 Å². The number of aliphatic carboxylic acids is 1. The smallest absolute Gasteiger partial charge is 0.416 e. The topological polar surface area (TPSA) is 49.3 Å². The molecule has 0 aliphatic heterocycles. The number of alkyl halides is 3. The Morgan fingerprint density at radius 1 is 1.05 bits per heavy atom. The first-order chi connectivity index (χ1) is 10.4. The van der Waals surface area contributed by atoms with Gasteiger partial charge in [0.25, 0.3) is 0 Å². The van der Waals surface area contributed by atoms with Crippen molar-refractivity contribution in [2.75, 3.05) is 0 Å². The molecule has 0 fully saturated rings. The molecule has 0 aliphatic carbocycles. The molecular weight excluding hydrogens is 295 g/mol. The van der Waals surface area contributed by atoms with Crippen molar-refractivity contribution in [2.24, 2.45) is 0 Å². The predicted octanol–water partition coefficient (Wildman–Crippen LogP) is 3.62. The van der Waals surface area contributed by atoms with E-state index in [-0.39, 0.29) is 12.1 Å². The van der Waals surface area contributed by atoms with E-state index in [9.17, 15) is 23.1 Å². The molecule has 6 heteroatoms. The standard InChI is InChI=1S/C16H14F3NO2/c17-16(18,19)13-9-5-4-8-12(13)14(15(21)22)20-10-11-6-2-1-3-7-11/h1-9,14,20H,10H2,(H,21,22)/t14-/m0/s1. The van der Waals surface area contributed by atoms with Crippen molar-refractivity contribution in [1.82, 2.24) is 5.32 Å². The van der Waals surface area contributed by atoms with Gasteiger partial charge in [-0.15, -0.1) is 0 Å². The highest BCUT2D eigenvalue weighted by atomic mass is 19.4. The van der Waals surface area contributed by atoms with Gasteiger partial charge in [-0.1, -0.05) is 48.5 Å². The van der Waals surface area contributed by atoms with Crippen molar-refractivity contribution < 1.29 is 23.1 Å². The zero-order chi connectivity index (χ0) is 16.2. The van der Waals surface area contributed by atoms with E-state index in [1.807, 2.05) is 0 Å². The van der Waals surface area contributed by atoms with Crippen molar-refractivity contribution in [2.45, 2.75) is 18.8 Å². The van der Waals surface area contributed by atoms with Crippen LogP contribution >= 0.6 is 0 Å². The maximum absolute atomic E-state index is 13.0. The van der Waals surface area contributed by atoms with Crippen LogP contribution in [0.15, 0.2) is 54.6 Å². The lowest BCUT2D eigenvalue weighted by Crippen LogP contribution is -2.30. The Hall–Kier alpha value is -2.34. The fourth-order valence-electron chi connectivity index (χ4n) is 2.15. The number of hydrogen-bond donors (Lipinski definition) is 2. The monoisotopic (exact) mass is 309 g/mol. The van der Waals surface area contributed by atoms with Gasteiger partial charge in [0.15, 0.2) is 0 Å². The van der Waals surface area contributed by atoms with Gasteiger partial charge in [0.05, 0.1) is 5.56 Å². The first-order valence-electron chi connectivity index (χ1n) is 6.56. The van der Waals surface area contributed by atoms with Crippen molar-refractivity contribution in [1.29, 1.82) is 0 Å². The minimum absolute atomic E-state index is 0.157. The van der Waals surface area contributed by atoms with E-state index in [0.717, 1.165) is 11.6 Å². The van der Waals surface area contributed by atoms with Gasteiger partial charge in [-0.3, -0.25) is 10.1 Å². The van der Waals surface area contributed by atoms with Crippen LogP contribution in [0.4, 0.5) is 13.2 Å². The Kier molecular flexibility index (Phi) is 4.82. The second-order valence-corrected chi connectivity index (χ2v) is 4.72. The molecule has 0 amide bonds. The summed E-state index contributed by atoms with van der Waals surface area (Å²) in [7, 11) is 0. The summed E-state index contributed by atoms with van der Waals surface area (Å²) in [6, 6.07) is 12.1. The largest absolute Gasteiger partial charge is 0.480 e. The van der Waals surface area contributed by atoms with Crippen LogP contribution in [-0.2, 0) is 17.5 Å². The summed E-state index contributed by atoms with van der Waals surface area (Å²) in [6.07, 6.45) is -4.60. The quantitative estimate of drug-likeness (QED) is 0.887. The van der Waals surface area contributed by atoms with Gasteiger partial charge in [-0.25, -0.2) is 0 Å². The highest BCUT2D eigenvalue weighted by Gasteiger charge is 2.36. The predicted molar refractivity (Wildman–Crippen MR) is 75.1 cm³/mol. The number of carboxylic acids is 1. The first-order valence-corrected chi connectivity index (χ1v) is 6.56. The van der Waals surface area contributed by atoms with Gasteiger partial charge in [0, 0.05) is 6.54 Å². The third-order valence-electron chi connectivity index (χ3n) is 3.18. The first kappa shape index (κ1) is 16.0. The molecule has 0 radical (unpaired) electrons. The molecule has 2 rings (SSSR count). The zero-order valence-corrected chi connectivity index (χ0v) is 11.5. The number of carbonyl (C=O) groups is 1. The molecule has 22 heavy (non-hydrogen) atoms. The Labute approximate surface area is 125 Å². The fourth-order valence-corrected chi connectivity index (χ4v) is 2.15. The summed E-state index contributed by atoms with van der Waals surface area (Å²) in [5, 5.41) is 11.9. The van der Waals surface area contributed by atoms with Crippen LogP contribution in [-0.4, -0.2) is 11.1 Å². The molecule has 3 nitrogen and oxygen atoms in total. The van der Waals surface area contributed by atoms with Crippen LogP contribution in [0.2, 0.25) is 0 Å². The van der Waals surface area contributed by atoms with E-state index in [4.69, 9.17) is 0 Å². The molecule has 2 aromatic rings. The van der Waals surface area contributed by atoms with E-state index in [1.54, 1.807) is 30.3 Å². The summed E-state index contributed by atoms with van der Waals surface area (Å²) in [4.78, 5) is 11.4. The Morgan fingerprint density at radius 2 is 1.64 bits per heavy atom. The summed E-state index contributed by atoms with van der Waals surface area (Å²) < 4.78 is 39.0. The molecular formula is C16H14F3NO2. The van der Waals surface area contributed by atoms with E-state index < -0.39 is 23.8 Å². The van der Waals surface area contributed by atoms with E-state index >= 15 is 0 Å². The molecule has 1 atom stereocenters. The van der Waals surface area contributed by atoms with Gasteiger partial charge in [-0.05, 0) is 17.2 Å². The van der Waals surface area contributed by atoms with Gasteiger partial charge in [0.1, 0.15) is 6.04 Å². The number of hydrogen-bond acceptors (Lipinski definition) is 2. The van der Waals surface area contributed by atoms with Crippen LogP contribution < -0.4 is 5.32 Å². The Balaban J connectivity index is 2.28. The second-order valence-electron chi connectivity index (χ2n) is 4.72. The highest BCUT2D eigenvalue weighted by Crippen LogP contribution is 2.34.